The molecule has 4 heteroatoms. The zero-order valence-electron chi connectivity index (χ0n) is 11.6. The molecule has 21 heavy (non-hydrogen) atoms. The summed E-state index contributed by atoms with van der Waals surface area (Å²) in [6.07, 6.45) is 1.79. The van der Waals surface area contributed by atoms with Gasteiger partial charge in [0, 0.05) is 10.1 Å². The smallest absolute Gasteiger partial charge is 0.124 e. The van der Waals surface area contributed by atoms with Crippen LogP contribution in [0.3, 0.4) is 0 Å². The Morgan fingerprint density at radius 2 is 1.90 bits per heavy atom. The van der Waals surface area contributed by atoms with Crippen LogP contribution < -0.4 is 5.73 Å². The fraction of sp³-hybridized carbons (Fsp3) is 0.176. The molecule has 0 saturated heterocycles. The monoisotopic (exact) mass is 303 g/mol. The molecule has 0 aliphatic heterocycles. The standard InChI is InChI=1S/C9H12FN.C8H6OS/c10-9-5-1-3-8(7-9)4-2-6-11;9-7-2-1-3-8-6(7)4-5-10-8/h1,3,5,7H,2,4,6,11H2;1-5,9H. The maximum Gasteiger partial charge on any atom is 0.124 e. The highest BCUT2D eigenvalue weighted by atomic mass is 32.1. The Balaban J connectivity index is 0.000000154. The minimum absolute atomic E-state index is 0.167. The quantitative estimate of drug-likeness (QED) is 0.756. The van der Waals surface area contributed by atoms with Crippen molar-refractivity contribution in [3.8, 4) is 5.75 Å². The summed E-state index contributed by atoms with van der Waals surface area (Å²) in [6.45, 7) is 0.663. The van der Waals surface area contributed by atoms with E-state index in [-0.39, 0.29) is 5.82 Å². The number of halogens is 1. The van der Waals surface area contributed by atoms with Crippen LogP contribution in [-0.4, -0.2) is 11.7 Å². The first-order valence-corrected chi connectivity index (χ1v) is 7.68. The molecule has 0 aliphatic carbocycles. The van der Waals surface area contributed by atoms with Crippen LogP contribution in [0.4, 0.5) is 4.39 Å². The zero-order chi connectivity index (χ0) is 15.1. The number of rotatable bonds is 3. The third-order valence-electron chi connectivity index (χ3n) is 3.03. The van der Waals surface area contributed by atoms with Crippen molar-refractivity contribution in [1.82, 2.24) is 0 Å². The van der Waals surface area contributed by atoms with Gasteiger partial charge in [0.1, 0.15) is 11.6 Å². The van der Waals surface area contributed by atoms with E-state index in [0.717, 1.165) is 28.5 Å². The van der Waals surface area contributed by atoms with E-state index in [1.54, 1.807) is 29.5 Å². The van der Waals surface area contributed by atoms with Gasteiger partial charge in [-0.05, 0) is 60.7 Å². The molecule has 2 nitrogen and oxygen atoms in total. The number of aromatic hydroxyl groups is 1. The Morgan fingerprint density at radius 1 is 1.10 bits per heavy atom. The van der Waals surface area contributed by atoms with Crippen molar-refractivity contribution in [2.24, 2.45) is 5.73 Å². The molecule has 3 rings (SSSR count). The lowest BCUT2D eigenvalue weighted by Gasteiger charge is -1.98. The van der Waals surface area contributed by atoms with Crippen LogP contribution in [0.1, 0.15) is 12.0 Å². The van der Waals surface area contributed by atoms with Gasteiger partial charge in [0.25, 0.3) is 0 Å². The summed E-state index contributed by atoms with van der Waals surface area (Å²) in [4.78, 5) is 0. The Bertz CT molecular complexity index is 696. The third kappa shape index (κ3) is 4.55. The van der Waals surface area contributed by atoms with Crippen molar-refractivity contribution >= 4 is 21.4 Å². The lowest BCUT2D eigenvalue weighted by Crippen LogP contribution is -2.00. The van der Waals surface area contributed by atoms with Crippen LogP contribution in [0.25, 0.3) is 10.1 Å². The molecule has 0 unspecified atom stereocenters. The van der Waals surface area contributed by atoms with E-state index in [1.165, 1.54) is 6.07 Å². The lowest BCUT2D eigenvalue weighted by molar-refractivity contribution is 0.482. The normalized spacial score (nSPS) is 10.2. The molecule has 0 spiro atoms. The molecule has 0 radical (unpaired) electrons. The number of hydrogen-bond donors (Lipinski definition) is 2. The average Bonchev–Trinajstić information content (AvgIpc) is 2.96. The second kappa shape index (κ2) is 7.76. The number of fused-ring (bicyclic) bond motifs is 1. The van der Waals surface area contributed by atoms with E-state index < -0.39 is 0 Å². The van der Waals surface area contributed by atoms with Crippen molar-refractivity contribution in [3.63, 3.8) is 0 Å². The number of phenolic OH excluding ortho intramolecular Hbond substituents is 1. The molecule has 1 heterocycles. The van der Waals surface area contributed by atoms with Crippen molar-refractivity contribution in [1.29, 1.82) is 0 Å². The van der Waals surface area contributed by atoms with E-state index in [2.05, 4.69) is 0 Å². The number of aryl methyl sites for hydroxylation is 1. The molecular formula is C17H18FNOS. The van der Waals surface area contributed by atoms with Crippen LogP contribution in [0.5, 0.6) is 5.75 Å². The summed E-state index contributed by atoms with van der Waals surface area (Å²) in [7, 11) is 0. The summed E-state index contributed by atoms with van der Waals surface area (Å²) in [5.74, 6) is 0.207. The van der Waals surface area contributed by atoms with Gasteiger partial charge in [-0.1, -0.05) is 18.2 Å². The van der Waals surface area contributed by atoms with Crippen LogP contribution >= 0.6 is 11.3 Å². The second-order valence-electron chi connectivity index (χ2n) is 4.63. The molecule has 2 aromatic carbocycles. The average molecular weight is 303 g/mol. The van der Waals surface area contributed by atoms with Crippen molar-refractivity contribution < 1.29 is 9.50 Å². The van der Waals surface area contributed by atoms with E-state index in [4.69, 9.17) is 5.73 Å². The summed E-state index contributed by atoms with van der Waals surface area (Å²) in [5, 5.41) is 12.2. The number of hydrogen-bond acceptors (Lipinski definition) is 3. The van der Waals surface area contributed by atoms with Crippen LogP contribution in [-0.2, 0) is 6.42 Å². The summed E-state index contributed by atoms with van der Waals surface area (Å²) >= 11 is 1.64. The molecule has 0 fully saturated rings. The SMILES string of the molecule is NCCCc1cccc(F)c1.Oc1cccc2sccc12. The molecule has 0 aliphatic rings. The predicted octanol–water partition coefficient (Wildman–Crippen LogP) is 4.32. The molecule has 3 aromatic rings. The van der Waals surface area contributed by atoms with Gasteiger partial charge in [-0.15, -0.1) is 11.3 Å². The second-order valence-corrected chi connectivity index (χ2v) is 5.58. The molecule has 1 aromatic heterocycles. The van der Waals surface area contributed by atoms with Crippen molar-refractivity contribution in [2.45, 2.75) is 12.8 Å². The molecule has 0 atom stereocenters. The first-order chi connectivity index (χ1) is 10.2. The first-order valence-electron chi connectivity index (χ1n) is 6.80. The Morgan fingerprint density at radius 3 is 2.62 bits per heavy atom. The van der Waals surface area contributed by atoms with Gasteiger partial charge in [0.2, 0.25) is 0 Å². The number of phenols is 1. The predicted molar refractivity (Wildman–Crippen MR) is 87.3 cm³/mol. The van der Waals surface area contributed by atoms with Crippen LogP contribution in [0, 0.1) is 5.82 Å². The summed E-state index contributed by atoms with van der Waals surface area (Å²) in [6, 6.07) is 14.1. The number of thiophene rings is 1. The van der Waals surface area contributed by atoms with Crippen molar-refractivity contribution in [2.75, 3.05) is 6.54 Å². The number of benzene rings is 2. The van der Waals surface area contributed by atoms with Gasteiger partial charge in [-0.25, -0.2) is 4.39 Å². The van der Waals surface area contributed by atoms with Gasteiger partial charge in [-0.3, -0.25) is 0 Å². The Labute approximate surface area is 127 Å². The molecule has 0 saturated carbocycles. The Kier molecular flexibility index (Phi) is 5.72. The minimum Gasteiger partial charge on any atom is -0.507 e. The highest BCUT2D eigenvalue weighted by Gasteiger charge is 1.97. The molecule has 0 amide bonds. The van der Waals surface area contributed by atoms with Gasteiger partial charge in [0.15, 0.2) is 0 Å². The summed E-state index contributed by atoms with van der Waals surface area (Å²) < 4.78 is 13.7. The third-order valence-corrected chi connectivity index (χ3v) is 3.91. The van der Waals surface area contributed by atoms with E-state index in [0.29, 0.717) is 12.3 Å². The zero-order valence-corrected chi connectivity index (χ0v) is 12.4. The van der Waals surface area contributed by atoms with E-state index in [1.807, 2.05) is 29.6 Å². The first kappa shape index (κ1) is 15.5. The molecule has 110 valence electrons. The highest BCUT2D eigenvalue weighted by Crippen LogP contribution is 2.27. The Hall–Kier alpha value is -1.91. The maximum absolute atomic E-state index is 12.6. The fourth-order valence-corrected chi connectivity index (χ4v) is 2.78. The van der Waals surface area contributed by atoms with Crippen molar-refractivity contribution in [3.05, 3.63) is 65.3 Å². The summed E-state index contributed by atoms with van der Waals surface area (Å²) in [5.41, 5.74) is 6.34. The molecule has 0 bridgehead atoms. The van der Waals surface area contributed by atoms with Gasteiger partial charge < -0.3 is 10.8 Å². The van der Waals surface area contributed by atoms with Crippen LogP contribution in [0.15, 0.2) is 53.9 Å². The maximum atomic E-state index is 12.6. The highest BCUT2D eigenvalue weighted by molar-refractivity contribution is 7.17. The largest absolute Gasteiger partial charge is 0.507 e. The minimum atomic E-state index is -0.167. The fourth-order valence-electron chi connectivity index (χ4n) is 1.98. The van der Waals surface area contributed by atoms with Gasteiger partial charge in [0.05, 0.1) is 0 Å². The van der Waals surface area contributed by atoms with E-state index in [9.17, 15) is 9.50 Å². The molecule has 3 N–H and O–H groups in total. The topological polar surface area (TPSA) is 46.2 Å². The van der Waals surface area contributed by atoms with Gasteiger partial charge >= 0.3 is 0 Å². The molecular weight excluding hydrogens is 285 g/mol. The number of nitrogens with two attached hydrogens (primary N) is 1. The van der Waals surface area contributed by atoms with E-state index >= 15 is 0 Å². The van der Waals surface area contributed by atoms with Gasteiger partial charge in [-0.2, -0.15) is 0 Å². The lowest BCUT2D eigenvalue weighted by atomic mass is 10.1. The van der Waals surface area contributed by atoms with Crippen LogP contribution in [0.2, 0.25) is 0 Å².